The number of carbonyl (C=O) groups excluding carboxylic acids is 1. The number of hydrogen-bond donors (Lipinski definition) is 1. The van der Waals surface area contributed by atoms with Crippen LogP contribution in [0, 0.1) is 5.92 Å². The lowest BCUT2D eigenvalue weighted by atomic mass is 9.99. The molecule has 0 aromatic heterocycles. The number of hydrogen-bond acceptors (Lipinski definition) is 3. The van der Waals surface area contributed by atoms with Crippen LogP contribution in [-0.4, -0.2) is 36.6 Å². The highest BCUT2D eigenvalue weighted by Crippen LogP contribution is 2.19. The second-order valence-corrected chi connectivity index (χ2v) is 5.98. The smallest absolute Gasteiger partial charge is 0.411 e. The number of nitrogens with one attached hydrogen (secondary N) is 1. The van der Waals surface area contributed by atoms with Crippen LogP contribution in [0.4, 0.5) is 10.5 Å². The molecule has 4 nitrogen and oxygen atoms in total. The van der Waals surface area contributed by atoms with Crippen molar-refractivity contribution in [2.24, 2.45) is 5.92 Å². The average molecular weight is 311 g/mol. The number of rotatable bonds is 5. The molecule has 0 aliphatic carbocycles. The molecule has 0 unspecified atom stereocenters. The number of carbonyl (C=O) groups is 1. The second-order valence-electron chi connectivity index (χ2n) is 5.61. The van der Waals surface area contributed by atoms with Crippen molar-refractivity contribution >= 4 is 23.4 Å². The van der Waals surface area contributed by atoms with Crippen molar-refractivity contribution in [3.05, 3.63) is 29.8 Å². The molecule has 0 radical (unpaired) electrons. The number of piperidine rings is 1. The van der Waals surface area contributed by atoms with Crippen molar-refractivity contribution in [1.82, 2.24) is 4.90 Å². The number of likely N-dealkylation sites (tertiary alicyclic amines) is 1. The topological polar surface area (TPSA) is 41.6 Å². The molecule has 2 rings (SSSR count). The van der Waals surface area contributed by atoms with Gasteiger partial charge in [-0.1, -0.05) is 19.1 Å². The first-order chi connectivity index (χ1) is 10.2. The Hall–Kier alpha value is -1.26. The maximum Gasteiger partial charge on any atom is 0.411 e. The largest absolute Gasteiger partial charge is 0.448 e. The molecule has 0 saturated carbocycles. The standard InChI is InChI=1S/C16H23ClN2O2/c1-13-6-9-19(10-7-13)12-14-2-4-15(5-3-14)18-16(20)21-11-8-17/h2-5,13H,6-12H2,1H3,(H,18,20). The van der Waals surface area contributed by atoms with Crippen LogP contribution >= 0.6 is 11.6 Å². The van der Waals surface area contributed by atoms with Crippen LogP contribution in [0.25, 0.3) is 0 Å². The number of alkyl halides is 1. The van der Waals surface area contributed by atoms with Crippen molar-refractivity contribution in [1.29, 1.82) is 0 Å². The van der Waals surface area contributed by atoms with Crippen LogP contribution in [0.2, 0.25) is 0 Å². The lowest BCUT2D eigenvalue weighted by Gasteiger charge is -2.30. The van der Waals surface area contributed by atoms with Crippen molar-refractivity contribution < 1.29 is 9.53 Å². The van der Waals surface area contributed by atoms with Gasteiger partial charge in [0.25, 0.3) is 0 Å². The molecule has 116 valence electrons. The minimum Gasteiger partial charge on any atom is -0.448 e. The number of benzene rings is 1. The summed E-state index contributed by atoms with van der Waals surface area (Å²) in [6, 6.07) is 7.91. The van der Waals surface area contributed by atoms with E-state index in [1.54, 1.807) is 0 Å². The molecular weight excluding hydrogens is 288 g/mol. The maximum atomic E-state index is 11.4. The van der Waals surface area contributed by atoms with Crippen LogP contribution in [0.1, 0.15) is 25.3 Å². The second kappa shape index (κ2) is 8.25. The number of amides is 1. The zero-order chi connectivity index (χ0) is 15.1. The van der Waals surface area contributed by atoms with Crippen LogP contribution in [0.3, 0.4) is 0 Å². The molecule has 1 aliphatic heterocycles. The highest BCUT2D eigenvalue weighted by Gasteiger charge is 2.15. The summed E-state index contributed by atoms with van der Waals surface area (Å²) in [4.78, 5) is 13.9. The van der Waals surface area contributed by atoms with Gasteiger partial charge in [0.05, 0.1) is 5.88 Å². The summed E-state index contributed by atoms with van der Waals surface area (Å²) in [7, 11) is 0. The Labute approximate surface area is 131 Å². The molecule has 0 atom stereocenters. The van der Waals surface area contributed by atoms with Crippen molar-refractivity contribution in [3.63, 3.8) is 0 Å². The molecule has 0 bridgehead atoms. The lowest BCUT2D eigenvalue weighted by molar-refractivity contribution is 0.168. The highest BCUT2D eigenvalue weighted by atomic mass is 35.5. The first-order valence-electron chi connectivity index (χ1n) is 7.48. The van der Waals surface area contributed by atoms with E-state index in [1.165, 1.54) is 31.5 Å². The molecule has 21 heavy (non-hydrogen) atoms. The Morgan fingerprint density at radius 3 is 2.62 bits per heavy atom. The van der Waals surface area contributed by atoms with Gasteiger partial charge in [0, 0.05) is 12.2 Å². The quantitative estimate of drug-likeness (QED) is 0.843. The molecule has 1 fully saturated rings. The lowest BCUT2D eigenvalue weighted by Crippen LogP contribution is -2.32. The van der Waals surface area contributed by atoms with E-state index in [-0.39, 0.29) is 6.61 Å². The summed E-state index contributed by atoms with van der Waals surface area (Å²) >= 11 is 5.46. The fraction of sp³-hybridized carbons (Fsp3) is 0.562. The number of ether oxygens (including phenoxy) is 1. The van der Waals surface area contributed by atoms with E-state index < -0.39 is 6.09 Å². The zero-order valence-electron chi connectivity index (χ0n) is 12.5. The van der Waals surface area contributed by atoms with Gasteiger partial charge in [-0.05, 0) is 49.5 Å². The molecule has 5 heteroatoms. The Balaban J connectivity index is 1.80. The molecule has 1 aromatic carbocycles. The molecule has 1 heterocycles. The van der Waals surface area contributed by atoms with Crippen LogP contribution in [0.15, 0.2) is 24.3 Å². The summed E-state index contributed by atoms with van der Waals surface area (Å²) in [6.45, 7) is 5.86. The third kappa shape index (κ3) is 5.56. The van der Waals surface area contributed by atoms with Gasteiger partial charge in [0.2, 0.25) is 0 Å². The van der Waals surface area contributed by atoms with Gasteiger partial charge in [-0.25, -0.2) is 4.79 Å². The van der Waals surface area contributed by atoms with E-state index in [9.17, 15) is 4.79 Å². The van der Waals surface area contributed by atoms with Crippen molar-refractivity contribution in [2.45, 2.75) is 26.3 Å². The van der Waals surface area contributed by atoms with E-state index in [2.05, 4.69) is 29.3 Å². The van der Waals surface area contributed by atoms with Crippen molar-refractivity contribution in [2.75, 3.05) is 30.9 Å². The summed E-state index contributed by atoms with van der Waals surface area (Å²) in [6.07, 6.45) is 2.10. The predicted octanol–water partition coefficient (Wildman–Crippen LogP) is 3.71. The monoisotopic (exact) mass is 310 g/mol. The first kappa shape index (κ1) is 16.1. The van der Waals surface area contributed by atoms with Crippen LogP contribution in [-0.2, 0) is 11.3 Å². The molecule has 1 amide bonds. The zero-order valence-corrected chi connectivity index (χ0v) is 13.2. The predicted molar refractivity (Wildman–Crippen MR) is 85.8 cm³/mol. The van der Waals surface area contributed by atoms with Gasteiger partial charge >= 0.3 is 6.09 Å². The summed E-state index contributed by atoms with van der Waals surface area (Å²) in [5.74, 6) is 1.16. The number of nitrogens with zero attached hydrogens (tertiary/aromatic N) is 1. The Morgan fingerprint density at radius 1 is 1.33 bits per heavy atom. The van der Waals surface area contributed by atoms with Gasteiger partial charge in [0.15, 0.2) is 0 Å². The van der Waals surface area contributed by atoms with E-state index in [0.29, 0.717) is 5.88 Å². The van der Waals surface area contributed by atoms with Crippen LogP contribution in [0.5, 0.6) is 0 Å². The molecule has 1 N–H and O–H groups in total. The summed E-state index contributed by atoms with van der Waals surface area (Å²) < 4.78 is 4.87. The van der Waals surface area contributed by atoms with Gasteiger partial charge in [-0.2, -0.15) is 0 Å². The molecule has 0 spiro atoms. The third-order valence-electron chi connectivity index (χ3n) is 3.79. The summed E-state index contributed by atoms with van der Waals surface area (Å²) in [5, 5.41) is 2.68. The average Bonchev–Trinajstić information content (AvgIpc) is 2.49. The van der Waals surface area contributed by atoms with Gasteiger partial charge in [0.1, 0.15) is 6.61 Å². The SMILES string of the molecule is CC1CCN(Cc2ccc(NC(=O)OCCCl)cc2)CC1. The molecular formula is C16H23ClN2O2. The van der Waals surface area contributed by atoms with Gasteiger partial charge in [-0.3, -0.25) is 10.2 Å². The van der Waals surface area contributed by atoms with E-state index in [4.69, 9.17) is 16.3 Å². The fourth-order valence-corrected chi connectivity index (χ4v) is 2.53. The Kier molecular flexibility index (Phi) is 6.33. The summed E-state index contributed by atoms with van der Waals surface area (Å²) in [5.41, 5.74) is 2.01. The van der Waals surface area contributed by atoms with E-state index >= 15 is 0 Å². The molecule has 1 aromatic rings. The van der Waals surface area contributed by atoms with E-state index in [0.717, 1.165) is 18.2 Å². The van der Waals surface area contributed by atoms with Crippen LogP contribution < -0.4 is 5.32 Å². The number of halogens is 1. The van der Waals surface area contributed by atoms with Gasteiger partial charge < -0.3 is 4.74 Å². The van der Waals surface area contributed by atoms with Gasteiger partial charge in [-0.15, -0.1) is 11.6 Å². The molecule has 1 aliphatic rings. The molecule has 1 saturated heterocycles. The maximum absolute atomic E-state index is 11.4. The Bertz CT molecular complexity index is 442. The fourth-order valence-electron chi connectivity index (χ4n) is 2.46. The normalized spacial score (nSPS) is 16.7. The first-order valence-corrected chi connectivity index (χ1v) is 8.02. The minimum atomic E-state index is -0.464. The third-order valence-corrected chi connectivity index (χ3v) is 3.95. The van der Waals surface area contributed by atoms with Crippen molar-refractivity contribution in [3.8, 4) is 0 Å². The number of anilines is 1. The van der Waals surface area contributed by atoms with E-state index in [1.807, 2.05) is 12.1 Å². The minimum absolute atomic E-state index is 0.221. The Morgan fingerprint density at radius 2 is 2.00 bits per heavy atom. The highest BCUT2D eigenvalue weighted by molar-refractivity contribution is 6.18.